The standard InChI is InChI=1S/C28H30Cl2FN3O3S/c1-19(22-5-3-2-4-6-22)33-28(35)27-13-14-38(36,37)18-21(15-20-7-10-24(31)11-8-20)17-32-34(27)26-12-9-23(29)16-25(26)30/h7-13,15-17,19,22H,2-6,14,18H2,1H3,(H,33,35)/t19-/m1/s1. The van der Waals surface area contributed by atoms with Crippen LogP contribution in [0.25, 0.3) is 6.08 Å². The molecule has 1 aliphatic heterocycles. The molecule has 1 N–H and O–H groups in total. The Morgan fingerprint density at radius 1 is 1.13 bits per heavy atom. The molecule has 6 nitrogen and oxygen atoms in total. The number of benzene rings is 2. The van der Waals surface area contributed by atoms with Crippen LogP contribution in [-0.2, 0) is 14.6 Å². The first kappa shape index (κ1) is 28.3. The Labute approximate surface area is 233 Å². The van der Waals surface area contributed by atoms with E-state index in [1.165, 1.54) is 41.9 Å². The lowest BCUT2D eigenvalue weighted by Crippen LogP contribution is -2.42. The van der Waals surface area contributed by atoms with Gasteiger partial charge in [-0.25, -0.2) is 17.8 Å². The number of halogens is 3. The van der Waals surface area contributed by atoms with Gasteiger partial charge >= 0.3 is 0 Å². The van der Waals surface area contributed by atoms with E-state index < -0.39 is 21.6 Å². The van der Waals surface area contributed by atoms with Gasteiger partial charge in [-0.1, -0.05) is 54.6 Å². The number of rotatable bonds is 5. The van der Waals surface area contributed by atoms with Gasteiger partial charge in [0.25, 0.3) is 5.91 Å². The zero-order valence-electron chi connectivity index (χ0n) is 21.0. The van der Waals surface area contributed by atoms with Gasteiger partial charge in [0.05, 0.1) is 28.4 Å². The number of nitrogens with zero attached hydrogens (tertiary/aromatic N) is 2. The fourth-order valence-corrected chi connectivity index (χ4v) is 6.44. The van der Waals surface area contributed by atoms with E-state index in [4.69, 9.17) is 23.2 Å². The van der Waals surface area contributed by atoms with Crippen molar-refractivity contribution in [3.8, 4) is 0 Å². The van der Waals surface area contributed by atoms with Crippen molar-refractivity contribution < 1.29 is 17.6 Å². The summed E-state index contributed by atoms with van der Waals surface area (Å²) in [6.45, 7) is 1.98. The SMILES string of the molecule is C[C@@H](NC(=O)C1=CCS(=O)(=O)CC(=Cc2ccc(F)cc2)C=NN1c1ccc(Cl)cc1Cl)C1CCCCC1. The summed E-state index contributed by atoms with van der Waals surface area (Å²) in [5.41, 5.74) is 1.42. The van der Waals surface area contributed by atoms with E-state index in [2.05, 4.69) is 10.4 Å². The van der Waals surface area contributed by atoms with Crippen LogP contribution in [0.5, 0.6) is 0 Å². The largest absolute Gasteiger partial charge is 0.348 e. The highest BCUT2D eigenvalue weighted by Gasteiger charge is 2.28. The van der Waals surface area contributed by atoms with Gasteiger partial charge in [0, 0.05) is 11.1 Å². The van der Waals surface area contributed by atoms with Gasteiger partial charge in [0.2, 0.25) is 0 Å². The minimum absolute atomic E-state index is 0.0553. The molecule has 0 bridgehead atoms. The van der Waals surface area contributed by atoms with Crippen LogP contribution >= 0.6 is 23.2 Å². The van der Waals surface area contributed by atoms with Crippen LogP contribution in [0, 0.1) is 11.7 Å². The molecule has 0 spiro atoms. The molecular weight excluding hydrogens is 548 g/mol. The maximum Gasteiger partial charge on any atom is 0.269 e. The van der Waals surface area contributed by atoms with Crippen LogP contribution in [0.2, 0.25) is 10.0 Å². The van der Waals surface area contributed by atoms with Crippen molar-refractivity contribution in [1.82, 2.24) is 5.32 Å². The highest BCUT2D eigenvalue weighted by atomic mass is 35.5. The van der Waals surface area contributed by atoms with Crippen LogP contribution in [0.15, 0.2) is 64.9 Å². The minimum Gasteiger partial charge on any atom is -0.348 e. The molecule has 1 heterocycles. The summed E-state index contributed by atoms with van der Waals surface area (Å²) in [5, 5.41) is 9.60. The summed E-state index contributed by atoms with van der Waals surface area (Å²) in [6, 6.07) is 10.4. The molecule has 1 saturated carbocycles. The first-order chi connectivity index (χ1) is 18.1. The van der Waals surface area contributed by atoms with Crippen LogP contribution in [-0.4, -0.2) is 38.1 Å². The molecule has 0 saturated heterocycles. The van der Waals surface area contributed by atoms with E-state index in [1.807, 2.05) is 6.92 Å². The highest BCUT2D eigenvalue weighted by molar-refractivity contribution is 7.91. The zero-order chi connectivity index (χ0) is 27.3. The van der Waals surface area contributed by atoms with Crippen molar-refractivity contribution in [2.24, 2.45) is 11.0 Å². The first-order valence-corrected chi connectivity index (χ1v) is 15.2. The summed E-state index contributed by atoms with van der Waals surface area (Å²) in [6.07, 6.45) is 9.93. The van der Waals surface area contributed by atoms with Crippen molar-refractivity contribution in [3.63, 3.8) is 0 Å². The third-order valence-corrected chi connectivity index (χ3v) is 8.78. The van der Waals surface area contributed by atoms with Crippen LogP contribution in [0.4, 0.5) is 10.1 Å². The van der Waals surface area contributed by atoms with Gasteiger partial charge in [-0.2, -0.15) is 5.10 Å². The number of carbonyl (C=O) groups is 1. The molecule has 2 aromatic rings. The molecule has 1 atom stereocenters. The van der Waals surface area contributed by atoms with Crippen LogP contribution in [0.3, 0.4) is 0 Å². The lowest BCUT2D eigenvalue weighted by atomic mass is 9.84. The van der Waals surface area contributed by atoms with Crippen molar-refractivity contribution >= 4 is 56.9 Å². The van der Waals surface area contributed by atoms with Crippen LogP contribution in [0.1, 0.15) is 44.6 Å². The molecule has 1 fully saturated rings. The smallest absolute Gasteiger partial charge is 0.269 e. The number of anilines is 1. The summed E-state index contributed by atoms with van der Waals surface area (Å²) in [5.74, 6) is -1.16. The molecule has 1 aliphatic carbocycles. The van der Waals surface area contributed by atoms with Gasteiger partial charge in [-0.05, 0) is 79.3 Å². The normalized spacial score (nSPS) is 20.3. The van der Waals surface area contributed by atoms with E-state index in [-0.39, 0.29) is 28.3 Å². The Hall–Kier alpha value is -2.68. The molecule has 0 radical (unpaired) electrons. The van der Waals surface area contributed by atoms with Crippen molar-refractivity contribution in [2.75, 3.05) is 16.5 Å². The fraction of sp³-hybridized carbons (Fsp3) is 0.357. The number of sulfone groups is 1. The van der Waals surface area contributed by atoms with Crippen molar-refractivity contribution in [2.45, 2.75) is 45.1 Å². The van der Waals surface area contributed by atoms with Gasteiger partial charge in [-0.15, -0.1) is 0 Å². The predicted octanol–water partition coefficient (Wildman–Crippen LogP) is 6.41. The van der Waals surface area contributed by atoms with Gasteiger partial charge < -0.3 is 5.32 Å². The summed E-state index contributed by atoms with van der Waals surface area (Å²) < 4.78 is 39.4. The Bertz CT molecular complexity index is 1370. The fourth-order valence-electron chi connectivity index (χ4n) is 4.76. The number of hydrogen-bond donors (Lipinski definition) is 1. The van der Waals surface area contributed by atoms with Gasteiger partial charge in [0.1, 0.15) is 11.5 Å². The monoisotopic (exact) mass is 577 g/mol. The van der Waals surface area contributed by atoms with E-state index in [0.717, 1.165) is 25.7 Å². The molecule has 202 valence electrons. The summed E-state index contributed by atoms with van der Waals surface area (Å²) in [7, 11) is -3.65. The molecule has 0 unspecified atom stereocenters. The van der Waals surface area contributed by atoms with E-state index >= 15 is 0 Å². The number of nitrogens with one attached hydrogen (secondary N) is 1. The second kappa shape index (κ2) is 12.5. The van der Waals surface area contributed by atoms with Crippen molar-refractivity contribution in [1.29, 1.82) is 0 Å². The molecule has 0 aromatic heterocycles. The van der Waals surface area contributed by atoms with Gasteiger partial charge in [0.15, 0.2) is 9.84 Å². The molecule has 10 heteroatoms. The molecular formula is C28H30Cl2FN3O3S. The Kier molecular flexibility index (Phi) is 9.28. The Balaban J connectivity index is 1.74. The summed E-state index contributed by atoms with van der Waals surface area (Å²) in [4.78, 5) is 13.6. The second-order valence-corrected chi connectivity index (χ2v) is 12.7. The average Bonchev–Trinajstić information content (AvgIpc) is 2.93. The average molecular weight is 579 g/mol. The first-order valence-electron chi connectivity index (χ1n) is 12.6. The van der Waals surface area contributed by atoms with E-state index in [0.29, 0.717) is 27.8 Å². The summed E-state index contributed by atoms with van der Waals surface area (Å²) >= 11 is 12.6. The van der Waals surface area contributed by atoms with Crippen LogP contribution < -0.4 is 10.3 Å². The maximum atomic E-state index is 13.6. The number of amides is 1. The quantitative estimate of drug-likeness (QED) is 0.445. The number of carbonyl (C=O) groups excluding carboxylic acids is 1. The third-order valence-electron chi connectivity index (χ3n) is 6.79. The predicted molar refractivity (Wildman–Crippen MR) is 153 cm³/mol. The Morgan fingerprint density at radius 2 is 1.84 bits per heavy atom. The lowest BCUT2D eigenvalue weighted by molar-refractivity contribution is -0.118. The highest BCUT2D eigenvalue weighted by Crippen LogP contribution is 2.33. The molecule has 38 heavy (non-hydrogen) atoms. The molecule has 2 aliphatic rings. The molecule has 4 rings (SSSR count). The number of hydrazone groups is 1. The van der Waals surface area contributed by atoms with E-state index in [9.17, 15) is 17.6 Å². The topological polar surface area (TPSA) is 78.8 Å². The lowest BCUT2D eigenvalue weighted by Gasteiger charge is -2.30. The minimum atomic E-state index is -3.65. The van der Waals surface area contributed by atoms with Gasteiger partial charge in [-0.3, -0.25) is 4.79 Å². The molecule has 2 aromatic carbocycles. The third kappa shape index (κ3) is 7.46. The second-order valence-electron chi connectivity index (χ2n) is 9.73. The Morgan fingerprint density at radius 3 is 2.53 bits per heavy atom. The number of hydrogen-bond acceptors (Lipinski definition) is 5. The maximum absolute atomic E-state index is 13.6. The van der Waals surface area contributed by atoms with Crippen molar-refractivity contribution in [3.05, 3.63) is 81.2 Å². The van der Waals surface area contributed by atoms with E-state index in [1.54, 1.807) is 30.3 Å². The zero-order valence-corrected chi connectivity index (χ0v) is 23.4. The molecule has 1 amide bonds.